The summed E-state index contributed by atoms with van der Waals surface area (Å²) in [6.07, 6.45) is 0. The van der Waals surface area contributed by atoms with Crippen LogP contribution in [0.1, 0.15) is 0 Å². The zero-order valence-electron chi connectivity index (χ0n) is 4.79. The molecule has 0 saturated heterocycles. The van der Waals surface area contributed by atoms with Crippen molar-refractivity contribution in [3.63, 3.8) is 0 Å². The molecular formula is H7BLaO7Ti. The Bertz CT molecular complexity index is 50.4. The molecule has 0 heterocycles. The zero-order chi connectivity index (χ0) is 8.08. The normalized spacial score (nSPS) is 8.70. The fraction of sp³-hybridized carbons (Fsp3) is 0. The third kappa shape index (κ3) is 255. The minimum absolute atomic E-state index is 0. The molecule has 0 fully saturated rings. The molecule has 0 rings (SSSR count). The van der Waals surface area contributed by atoms with E-state index < -0.39 is 25.5 Å². The van der Waals surface area contributed by atoms with Gasteiger partial charge in [0, 0.05) is 35.6 Å². The summed E-state index contributed by atoms with van der Waals surface area (Å²) in [4.78, 5) is 0. The van der Waals surface area contributed by atoms with Crippen molar-refractivity contribution in [2.75, 3.05) is 0 Å². The molecule has 0 atom stereocenters. The summed E-state index contributed by atoms with van der Waals surface area (Å²) in [7, 11) is -2.17. The van der Waals surface area contributed by atoms with Gasteiger partial charge >= 0.3 is 40.2 Å². The van der Waals surface area contributed by atoms with Gasteiger partial charge in [0.25, 0.3) is 0 Å². The van der Waals surface area contributed by atoms with Crippen molar-refractivity contribution >= 4 is 7.32 Å². The van der Waals surface area contributed by atoms with Gasteiger partial charge in [-0.3, -0.25) is 0 Å². The molecule has 10 heavy (non-hydrogen) atoms. The molecule has 10 heteroatoms. The molecule has 0 aromatic rings. The molecule has 0 unspecified atom stereocenters. The Kier molecular flexibility index (Phi) is 15.5. The van der Waals surface area contributed by atoms with Crippen LogP contribution in [-0.2, 0) is 18.1 Å². The van der Waals surface area contributed by atoms with Gasteiger partial charge in [-0.05, 0) is 0 Å². The van der Waals surface area contributed by atoms with Gasteiger partial charge in [0.15, 0.2) is 0 Å². The maximum atomic E-state index is 7.38. The molecule has 1 radical (unpaired) electrons. The number of hydrogen-bond donors (Lipinski definition) is 7. The Labute approximate surface area is 90.0 Å². The molecule has 0 aromatic carbocycles. The van der Waals surface area contributed by atoms with Gasteiger partial charge in [0.05, 0.1) is 0 Å². The summed E-state index contributed by atoms with van der Waals surface area (Å²) >= 11 is -5.00. The quantitative estimate of drug-likeness (QED) is 0.224. The predicted molar refractivity (Wildman–Crippen MR) is 21.3 cm³/mol. The van der Waals surface area contributed by atoms with Crippen molar-refractivity contribution in [2.24, 2.45) is 0 Å². The van der Waals surface area contributed by atoms with Gasteiger partial charge in [-0.25, -0.2) is 0 Å². The summed E-state index contributed by atoms with van der Waals surface area (Å²) < 4.78 is 29.5. The van der Waals surface area contributed by atoms with Crippen LogP contribution in [0.15, 0.2) is 0 Å². The summed E-state index contributed by atoms with van der Waals surface area (Å²) in [6, 6.07) is 0. The zero-order valence-corrected chi connectivity index (χ0v) is 9.97. The van der Waals surface area contributed by atoms with E-state index in [1.54, 1.807) is 0 Å². The second-order valence-corrected chi connectivity index (χ2v) is 2.82. The van der Waals surface area contributed by atoms with Crippen LogP contribution in [-0.4, -0.2) is 37.1 Å². The van der Waals surface area contributed by atoms with E-state index in [1.807, 2.05) is 0 Å². The first-order valence-electron chi connectivity index (χ1n) is 1.67. The summed E-state index contributed by atoms with van der Waals surface area (Å²) in [5, 5.41) is 21.5. The molecule has 7 N–H and O–H groups in total. The van der Waals surface area contributed by atoms with Gasteiger partial charge in [-0.15, -0.1) is 0 Å². The van der Waals surface area contributed by atoms with Crippen LogP contribution in [0, 0.1) is 35.6 Å². The van der Waals surface area contributed by atoms with Crippen molar-refractivity contribution in [3.8, 4) is 0 Å². The van der Waals surface area contributed by atoms with Gasteiger partial charge in [0.1, 0.15) is 0 Å². The Morgan fingerprint density at radius 3 is 0.800 bits per heavy atom. The fourth-order valence-electron chi connectivity index (χ4n) is 0. The molecule has 7 nitrogen and oxygen atoms in total. The molecule has 0 spiro atoms. The Balaban J connectivity index is -0.0000000910. The summed E-state index contributed by atoms with van der Waals surface area (Å²) in [5.74, 6) is 0. The number of rotatable bonds is 0. The predicted octanol–water partition coefficient (Wildman–Crippen LogP) is -4.28. The van der Waals surface area contributed by atoms with Crippen LogP contribution in [0.25, 0.3) is 0 Å². The van der Waals surface area contributed by atoms with E-state index in [0.29, 0.717) is 0 Å². The standard InChI is InChI=1S/BH3O3.La.4H2O.Ti/c2-1(3)4;;;;;;/h2-4H;;4*1H2;/q;;;;;;+4/p-4. The first kappa shape index (κ1) is 17.7. The first-order chi connectivity index (χ1) is 3.73. The maximum absolute atomic E-state index is 7.38. The van der Waals surface area contributed by atoms with E-state index in [4.69, 9.17) is 29.8 Å². The topological polar surface area (TPSA) is 142 Å². The SMILES string of the molecule is OB(O)O.[La].[OH][Ti]([OH])([OH])[OH]. The Hall–Kier alpha value is 1.69. The van der Waals surface area contributed by atoms with E-state index in [1.165, 1.54) is 0 Å². The summed E-state index contributed by atoms with van der Waals surface area (Å²) in [6.45, 7) is 0. The van der Waals surface area contributed by atoms with Crippen LogP contribution in [0.2, 0.25) is 0 Å². The minimum atomic E-state index is -5.00. The third-order valence-corrected chi connectivity index (χ3v) is 0. The van der Waals surface area contributed by atoms with Gasteiger partial charge in [0.2, 0.25) is 0 Å². The van der Waals surface area contributed by atoms with Crippen molar-refractivity contribution < 1.29 is 83.6 Å². The molecule has 0 aliphatic heterocycles. The van der Waals surface area contributed by atoms with Crippen molar-refractivity contribution in [2.45, 2.75) is 0 Å². The van der Waals surface area contributed by atoms with Crippen molar-refractivity contribution in [3.05, 3.63) is 0 Å². The van der Waals surface area contributed by atoms with E-state index >= 15 is 0 Å². The van der Waals surface area contributed by atoms with E-state index in [-0.39, 0.29) is 35.6 Å². The molecule has 0 saturated carbocycles. The molecule has 59 valence electrons. The van der Waals surface area contributed by atoms with E-state index in [9.17, 15) is 0 Å². The summed E-state index contributed by atoms with van der Waals surface area (Å²) in [5.41, 5.74) is 0. The molecule has 0 aromatic heterocycles. The average molecular weight is 317 g/mol. The van der Waals surface area contributed by atoms with E-state index in [0.717, 1.165) is 0 Å². The first-order valence-corrected chi connectivity index (χ1v) is 4.46. The molecule has 0 aliphatic rings. The van der Waals surface area contributed by atoms with Crippen molar-refractivity contribution in [1.82, 2.24) is 0 Å². The average Bonchev–Trinajstić information content (AvgIpc) is 1.19. The molecule has 0 bridgehead atoms. The molecular weight excluding hydrogens is 310 g/mol. The fourth-order valence-corrected chi connectivity index (χ4v) is 0. The second kappa shape index (κ2) is 8.79. The Morgan fingerprint density at radius 2 is 0.800 bits per heavy atom. The van der Waals surface area contributed by atoms with Crippen LogP contribution >= 0.6 is 0 Å². The van der Waals surface area contributed by atoms with Gasteiger partial charge in [-0.2, -0.15) is 0 Å². The van der Waals surface area contributed by atoms with Crippen LogP contribution < -0.4 is 0 Å². The Morgan fingerprint density at radius 1 is 0.800 bits per heavy atom. The molecule has 0 amide bonds. The van der Waals surface area contributed by atoms with Crippen molar-refractivity contribution in [1.29, 1.82) is 0 Å². The van der Waals surface area contributed by atoms with Gasteiger partial charge < -0.3 is 15.1 Å². The second-order valence-electron chi connectivity index (χ2n) is 0.946. The monoisotopic (exact) mass is 317 g/mol. The number of hydrogen-bond acceptors (Lipinski definition) is 7. The van der Waals surface area contributed by atoms with Gasteiger partial charge in [-0.1, -0.05) is 0 Å². The van der Waals surface area contributed by atoms with Crippen LogP contribution in [0.5, 0.6) is 0 Å². The van der Waals surface area contributed by atoms with E-state index in [2.05, 4.69) is 0 Å². The molecule has 0 aliphatic carbocycles. The van der Waals surface area contributed by atoms with Crippen LogP contribution in [0.3, 0.4) is 0 Å². The third-order valence-electron chi connectivity index (χ3n) is 0. The van der Waals surface area contributed by atoms with Crippen LogP contribution in [0.4, 0.5) is 0 Å².